The fourth-order valence-electron chi connectivity index (χ4n) is 6.78. The molecule has 66 heavy (non-hydrogen) atoms. The van der Waals surface area contributed by atoms with Gasteiger partial charge in [-0.05, 0) is 89.7 Å². The number of nitrogens with zero attached hydrogens (tertiary/aromatic N) is 8. The highest BCUT2D eigenvalue weighted by Crippen LogP contribution is 2.41. The third-order valence-electron chi connectivity index (χ3n) is 9.64. The van der Waals surface area contributed by atoms with Crippen molar-refractivity contribution in [2.24, 2.45) is 5.16 Å². The number of nitrogens with one attached hydrogen (secondary N) is 2. The Morgan fingerprint density at radius 1 is 1.08 bits per heavy atom. The number of amides is 4. The number of hydrogen-bond acceptors (Lipinski definition) is 16. The van der Waals surface area contributed by atoms with Crippen LogP contribution < -0.4 is 19.9 Å². The zero-order valence-corrected chi connectivity index (χ0v) is 39.8. The third-order valence-corrected chi connectivity index (χ3v) is 11.6. The highest BCUT2D eigenvalue weighted by Gasteiger charge is 2.55. The van der Waals surface area contributed by atoms with Crippen LogP contribution in [0, 0.1) is 0 Å². The van der Waals surface area contributed by atoms with Gasteiger partial charge in [0.25, 0.3) is 11.8 Å². The van der Waals surface area contributed by atoms with Crippen molar-refractivity contribution in [2.75, 3.05) is 37.9 Å². The van der Waals surface area contributed by atoms with Crippen LogP contribution in [0.5, 0.6) is 5.75 Å². The maximum Gasteiger partial charge on any atom is 0.414 e. The molecular weight excluding hydrogens is 893 g/mol. The van der Waals surface area contributed by atoms with Crippen LogP contribution in [0.1, 0.15) is 66.3 Å². The number of carbonyl (C=O) groups is 5. The summed E-state index contributed by atoms with van der Waals surface area (Å²) in [7, 11) is 1.56. The zero-order chi connectivity index (χ0) is 47.8. The van der Waals surface area contributed by atoms with Crippen molar-refractivity contribution in [3.8, 4) is 5.75 Å². The molecule has 2 aliphatic rings. The van der Waals surface area contributed by atoms with E-state index in [4.69, 9.17) is 28.8 Å². The van der Waals surface area contributed by atoms with E-state index in [1.165, 1.54) is 16.7 Å². The second-order valence-corrected chi connectivity index (χ2v) is 18.9. The number of esters is 1. The Kier molecular flexibility index (Phi) is 15.7. The average Bonchev–Trinajstić information content (AvgIpc) is 3.90. The van der Waals surface area contributed by atoms with Gasteiger partial charge >= 0.3 is 23.8 Å². The standard InChI is InChI=1S/C44H54N10O10S2/c1-10-19-51(42(59)64-44(6,7)8)21-13-22-53-26-45-35-30(53)14-12-20-52(35)23-28-25-65-38-32(37(56)54(38)33(28)39(57)61-24-27-15-17-29(60-9)18-16-27)46-36(55)31(49-62-11-2)34-47-40(66-50-34)48-41(58)63-43(3,4)5/h10,12,14-18,20,26,32,38H,1,11,13,19,21-25H2,2-9H3,(H-,46,47,48,50,55,58)/p+1. The van der Waals surface area contributed by atoms with Crippen LogP contribution in [0.3, 0.4) is 0 Å². The summed E-state index contributed by atoms with van der Waals surface area (Å²) in [6.45, 7) is 17.6. The van der Waals surface area contributed by atoms with Crippen molar-refractivity contribution in [3.05, 3.63) is 84.2 Å². The number of ether oxygens (including phenoxy) is 4. The topological polar surface area (TPSA) is 222 Å². The molecule has 4 aromatic rings. The molecular formula is C44H55N10O10S2+. The van der Waals surface area contributed by atoms with Crippen molar-refractivity contribution < 1.29 is 52.3 Å². The second-order valence-electron chi connectivity index (χ2n) is 17.0. The van der Waals surface area contributed by atoms with Gasteiger partial charge in [0.05, 0.1) is 13.3 Å². The molecule has 0 spiro atoms. The number of thioether (sulfide) groups is 1. The normalized spacial score (nSPS) is 16.2. The van der Waals surface area contributed by atoms with Crippen LogP contribution in [0.2, 0.25) is 0 Å². The number of aryl methyl sites for hydroxylation is 1. The molecule has 1 saturated heterocycles. The van der Waals surface area contributed by atoms with E-state index in [0.29, 0.717) is 54.3 Å². The van der Waals surface area contributed by atoms with E-state index in [1.54, 1.807) is 76.4 Å². The van der Waals surface area contributed by atoms with E-state index in [0.717, 1.165) is 17.0 Å². The minimum atomic E-state index is -1.07. The lowest BCUT2D eigenvalue weighted by Gasteiger charge is -2.49. The lowest BCUT2D eigenvalue weighted by molar-refractivity contribution is -0.664. The number of carbonyl (C=O) groups excluding carboxylic acids is 5. The van der Waals surface area contributed by atoms with Gasteiger partial charge in [-0.15, -0.1) is 18.3 Å². The number of imidazole rings is 1. The average molecular weight is 948 g/mol. The second kappa shape index (κ2) is 21.2. The largest absolute Gasteiger partial charge is 0.497 e. The first-order chi connectivity index (χ1) is 31.4. The predicted octanol–water partition coefficient (Wildman–Crippen LogP) is 5.18. The Morgan fingerprint density at radius 3 is 2.50 bits per heavy atom. The van der Waals surface area contributed by atoms with Crippen molar-refractivity contribution in [1.29, 1.82) is 0 Å². The molecule has 2 atom stereocenters. The van der Waals surface area contributed by atoms with E-state index in [2.05, 4.69) is 31.7 Å². The summed E-state index contributed by atoms with van der Waals surface area (Å²) in [6.07, 6.45) is 4.67. The van der Waals surface area contributed by atoms with Gasteiger partial charge < -0.3 is 38.6 Å². The van der Waals surface area contributed by atoms with E-state index in [-0.39, 0.29) is 42.1 Å². The summed E-state index contributed by atoms with van der Waals surface area (Å²) in [5, 5.41) is 8.52. The molecule has 0 radical (unpaired) electrons. The Bertz CT molecular complexity index is 2510. The van der Waals surface area contributed by atoms with E-state index in [1.807, 2.05) is 48.2 Å². The quantitative estimate of drug-likeness (QED) is 0.0250. The number of rotatable bonds is 18. The van der Waals surface area contributed by atoms with Crippen molar-refractivity contribution in [1.82, 2.24) is 34.0 Å². The number of methoxy groups -OCH3 is 1. The Morgan fingerprint density at radius 2 is 1.82 bits per heavy atom. The first-order valence-electron chi connectivity index (χ1n) is 21.1. The summed E-state index contributed by atoms with van der Waals surface area (Å²) in [6, 6.07) is 9.81. The molecule has 2 aliphatic heterocycles. The number of aromatic nitrogens is 5. The van der Waals surface area contributed by atoms with Gasteiger partial charge in [-0.25, -0.2) is 19.0 Å². The molecule has 0 aliphatic carbocycles. The minimum Gasteiger partial charge on any atom is -0.497 e. The monoisotopic (exact) mass is 947 g/mol. The van der Waals surface area contributed by atoms with Gasteiger partial charge in [-0.1, -0.05) is 23.4 Å². The van der Waals surface area contributed by atoms with Crippen molar-refractivity contribution in [3.63, 3.8) is 0 Å². The van der Waals surface area contributed by atoms with Gasteiger partial charge in [-0.2, -0.15) is 9.36 Å². The van der Waals surface area contributed by atoms with Gasteiger partial charge in [0.15, 0.2) is 0 Å². The number of benzene rings is 1. The molecule has 3 aromatic heterocycles. The molecule has 0 saturated carbocycles. The smallest absolute Gasteiger partial charge is 0.414 e. The molecule has 2 unspecified atom stereocenters. The van der Waals surface area contributed by atoms with Crippen molar-refractivity contribution >= 4 is 75.3 Å². The minimum absolute atomic E-state index is 0.0478. The molecule has 0 bridgehead atoms. The SMILES string of the molecule is C=CCN(CCCn1cnc2c1ccc[n+]2CC1=C(C(=O)OCc2ccc(OC)cc2)N2C(=O)C(NC(=O)C(=NOCC)c3nsc(NC(=O)OC(C)(C)C)n3)C2SC1)C(=O)OC(C)(C)C. The van der Waals surface area contributed by atoms with E-state index in [9.17, 15) is 24.0 Å². The highest BCUT2D eigenvalue weighted by atomic mass is 32.2. The molecule has 1 aromatic carbocycles. The molecule has 4 amide bonds. The number of oxime groups is 1. The Balaban J connectivity index is 1.22. The third kappa shape index (κ3) is 12.2. The zero-order valence-electron chi connectivity index (χ0n) is 38.2. The van der Waals surface area contributed by atoms with E-state index >= 15 is 0 Å². The van der Waals surface area contributed by atoms with Gasteiger partial charge in [0.1, 0.15) is 59.3 Å². The van der Waals surface area contributed by atoms with Gasteiger partial charge in [-0.3, -0.25) is 19.8 Å². The maximum atomic E-state index is 14.2. The number of β-lactam (4-membered cyclic amide) rings is 1. The first kappa shape index (κ1) is 48.9. The Hall–Kier alpha value is -6.55. The van der Waals surface area contributed by atoms with Crippen LogP contribution in [0.25, 0.3) is 11.2 Å². The molecule has 352 valence electrons. The molecule has 5 heterocycles. The number of anilines is 1. The summed E-state index contributed by atoms with van der Waals surface area (Å²) in [5.41, 5.74) is 1.12. The van der Waals surface area contributed by atoms with Crippen LogP contribution in [0.15, 0.2) is 78.0 Å². The summed E-state index contributed by atoms with van der Waals surface area (Å²) in [5.74, 6) is -1.28. The molecule has 2 N–H and O–H groups in total. The van der Waals surface area contributed by atoms with Crippen LogP contribution in [-0.2, 0) is 53.1 Å². The summed E-state index contributed by atoms with van der Waals surface area (Å²) >= 11 is 2.17. The lowest BCUT2D eigenvalue weighted by atomic mass is 10.0. The number of fused-ring (bicyclic) bond motifs is 2. The van der Waals surface area contributed by atoms with Crippen LogP contribution in [0.4, 0.5) is 14.7 Å². The predicted molar refractivity (Wildman–Crippen MR) is 245 cm³/mol. The molecule has 1 fully saturated rings. The van der Waals surface area contributed by atoms with Crippen molar-refractivity contribution in [2.45, 2.75) is 97.2 Å². The number of pyridine rings is 1. The fourth-order valence-corrected chi connectivity index (χ4v) is 8.67. The summed E-state index contributed by atoms with van der Waals surface area (Å²) in [4.78, 5) is 84.4. The fraction of sp³-hybridized carbons (Fsp3) is 0.455. The molecule has 22 heteroatoms. The van der Waals surface area contributed by atoms with Crippen LogP contribution >= 0.6 is 23.3 Å². The lowest BCUT2D eigenvalue weighted by Crippen LogP contribution is -2.71. The number of hydrogen-bond donors (Lipinski definition) is 2. The van der Waals surface area contributed by atoms with E-state index < -0.39 is 52.6 Å². The first-order valence-corrected chi connectivity index (χ1v) is 23.0. The maximum absolute atomic E-state index is 14.2. The Labute approximate surface area is 390 Å². The highest BCUT2D eigenvalue weighted by molar-refractivity contribution is 8.00. The van der Waals surface area contributed by atoms with Gasteiger partial charge in [0.2, 0.25) is 23.0 Å². The van der Waals surface area contributed by atoms with Gasteiger partial charge in [0, 0.05) is 42.5 Å². The molecule has 20 nitrogen and oxygen atoms in total. The molecule has 6 rings (SSSR count). The van der Waals surface area contributed by atoms with Crippen LogP contribution in [-0.4, -0.2) is 120 Å². The summed E-state index contributed by atoms with van der Waals surface area (Å²) < 4.78 is 30.0.